The van der Waals surface area contributed by atoms with Gasteiger partial charge in [-0.25, -0.2) is 4.39 Å². The fraction of sp³-hybridized carbons (Fsp3) is 0.381. The fourth-order valence-electron chi connectivity index (χ4n) is 2.68. The molecule has 0 radical (unpaired) electrons. The lowest BCUT2D eigenvalue weighted by Gasteiger charge is -2.15. The summed E-state index contributed by atoms with van der Waals surface area (Å²) >= 11 is 0. The third-order valence-electron chi connectivity index (χ3n) is 4.54. The van der Waals surface area contributed by atoms with Crippen molar-refractivity contribution in [2.24, 2.45) is 10.9 Å². The van der Waals surface area contributed by atoms with Crippen LogP contribution in [0.5, 0.6) is 11.5 Å². The van der Waals surface area contributed by atoms with Gasteiger partial charge in [0.05, 0.1) is 6.61 Å². The summed E-state index contributed by atoms with van der Waals surface area (Å²) in [4.78, 5) is 4.20. The van der Waals surface area contributed by atoms with Crippen molar-refractivity contribution in [2.45, 2.75) is 32.9 Å². The van der Waals surface area contributed by atoms with Crippen LogP contribution in [0.3, 0.4) is 0 Å². The first kappa shape index (κ1) is 19.0. The molecule has 2 aromatic rings. The third-order valence-corrected chi connectivity index (χ3v) is 4.54. The lowest BCUT2D eigenvalue weighted by Crippen LogP contribution is -2.36. The first-order valence-corrected chi connectivity index (χ1v) is 9.19. The van der Waals surface area contributed by atoms with E-state index < -0.39 is 5.82 Å². The van der Waals surface area contributed by atoms with Gasteiger partial charge >= 0.3 is 0 Å². The van der Waals surface area contributed by atoms with Gasteiger partial charge in [0.15, 0.2) is 17.5 Å². The maximum atomic E-state index is 13.4. The van der Waals surface area contributed by atoms with Crippen LogP contribution >= 0.6 is 0 Å². The van der Waals surface area contributed by atoms with Gasteiger partial charge in [0.1, 0.15) is 5.75 Å². The predicted octanol–water partition coefficient (Wildman–Crippen LogP) is 3.49. The Morgan fingerprint density at radius 1 is 1.19 bits per heavy atom. The summed E-state index contributed by atoms with van der Waals surface area (Å²) in [6.07, 6.45) is 2.52. The second-order valence-corrected chi connectivity index (χ2v) is 6.93. The van der Waals surface area contributed by atoms with Crippen LogP contribution < -0.4 is 15.4 Å². The van der Waals surface area contributed by atoms with E-state index in [9.17, 15) is 9.50 Å². The molecule has 1 fully saturated rings. The van der Waals surface area contributed by atoms with Crippen molar-refractivity contribution >= 4 is 5.96 Å². The molecule has 3 rings (SSSR count). The van der Waals surface area contributed by atoms with Gasteiger partial charge < -0.3 is 20.5 Å². The topological polar surface area (TPSA) is 65.9 Å². The zero-order chi connectivity index (χ0) is 19.2. The second-order valence-electron chi connectivity index (χ2n) is 6.93. The van der Waals surface area contributed by atoms with E-state index in [1.807, 2.05) is 0 Å². The maximum absolute atomic E-state index is 13.4. The molecule has 0 atom stereocenters. The second kappa shape index (κ2) is 8.75. The quantitative estimate of drug-likeness (QED) is 0.515. The summed E-state index contributed by atoms with van der Waals surface area (Å²) in [5, 5.41) is 15.7. The highest BCUT2D eigenvalue weighted by Crippen LogP contribution is 2.30. The molecule has 1 aliphatic rings. The molecular formula is C21H26FN3O2. The molecule has 5 nitrogen and oxygen atoms in total. The largest absolute Gasteiger partial charge is 0.505 e. The van der Waals surface area contributed by atoms with E-state index >= 15 is 0 Å². The summed E-state index contributed by atoms with van der Waals surface area (Å²) in [6.45, 7) is 3.80. The van der Waals surface area contributed by atoms with Gasteiger partial charge in [-0.2, -0.15) is 0 Å². The molecule has 27 heavy (non-hydrogen) atoms. The Bertz CT molecular complexity index is 819. The molecule has 144 valence electrons. The minimum absolute atomic E-state index is 0.348. The van der Waals surface area contributed by atoms with E-state index in [1.165, 1.54) is 30.5 Å². The standard InChI is InChI=1S/C21H26FN3O2/c1-14-3-7-17(20(9-14)27-13-15-4-5-15)12-25-21(23-2)24-11-16-6-8-19(26)18(22)10-16/h3,6-10,15,26H,4-5,11-13H2,1-2H3,(H2,23,24,25). The number of phenolic OH excluding ortho intramolecular Hbond substituents is 1. The molecule has 0 bridgehead atoms. The number of benzene rings is 2. The van der Waals surface area contributed by atoms with Crippen LogP contribution in [0.2, 0.25) is 0 Å². The number of nitrogens with zero attached hydrogens (tertiary/aromatic N) is 1. The Kier molecular flexibility index (Phi) is 6.16. The number of halogens is 1. The van der Waals surface area contributed by atoms with Crippen molar-refractivity contribution in [3.8, 4) is 11.5 Å². The minimum atomic E-state index is -0.630. The molecule has 6 heteroatoms. The van der Waals surface area contributed by atoms with Crippen LogP contribution in [0.4, 0.5) is 4.39 Å². The number of aliphatic imine (C=N–C) groups is 1. The molecule has 3 N–H and O–H groups in total. The first-order valence-electron chi connectivity index (χ1n) is 9.19. The molecule has 1 aliphatic carbocycles. The summed E-state index contributed by atoms with van der Waals surface area (Å²) in [5.41, 5.74) is 2.96. The summed E-state index contributed by atoms with van der Waals surface area (Å²) in [5.74, 6) is 1.24. The zero-order valence-electron chi connectivity index (χ0n) is 15.8. The predicted molar refractivity (Wildman–Crippen MR) is 105 cm³/mol. The Balaban J connectivity index is 1.56. The third kappa shape index (κ3) is 5.61. The van der Waals surface area contributed by atoms with E-state index in [1.54, 1.807) is 13.1 Å². The van der Waals surface area contributed by atoms with E-state index in [-0.39, 0.29) is 5.75 Å². The number of ether oxygens (including phenoxy) is 1. The Morgan fingerprint density at radius 3 is 2.67 bits per heavy atom. The first-order chi connectivity index (χ1) is 13.0. The highest BCUT2D eigenvalue weighted by Gasteiger charge is 2.22. The van der Waals surface area contributed by atoms with E-state index in [0.29, 0.717) is 25.0 Å². The van der Waals surface area contributed by atoms with Gasteiger partial charge in [-0.3, -0.25) is 4.99 Å². The van der Waals surface area contributed by atoms with Crippen LogP contribution in [0.25, 0.3) is 0 Å². The van der Waals surface area contributed by atoms with Crippen molar-refractivity contribution in [1.29, 1.82) is 0 Å². The van der Waals surface area contributed by atoms with Crippen molar-refractivity contribution in [3.05, 3.63) is 58.9 Å². The molecular weight excluding hydrogens is 345 g/mol. The highest BCUT2D eigenvalue weighted by molar-refractivity contribution is 5.79. The Hall–Kier alpha value is -2.76. The number of rotatable bonds is 7. The van der Waals surface area contributed by atoms with Gasteiger partial charge in [0.25, 0.3) is 0 Å². The van der Waals surface area contributed by atoms with Gasteiger partial charge in [-0.1, -0.05) is 18.2 Å². The normalized spacial score (nSPS) is 14.1. The lowest BCUT2D eigenvalue weighted by atomic mass is 10.1. The summed E-state index contributed by atoms with van der Waals surface area (Å²) < 4.78 is 19.4. The van der Waals surface area contributed by atoms with Crippen molar-refractivity contribution in [3.63, 3.8) is 0 Å². The average Bonchev–Trinajstić information content (AvgIpc) is 3.48. The van der Waals surface area contributed by atoms with Gasteiger partial charge in [-0.05, 0) is 55.0 Å². The number of aromatic hydroxyl groups is 1. The molecule has 0 amide bonds. The van der Waals surface area contributed by atoms with Crippen LogP contribution in [-0.2, 0) is 13.1 Å². The fourth-order valence-corrected chi connectivity index (χ4v) is 2.68. The Labute approximate surface area is 159 Å². The average molecular weight is 371 g/mol. The van der Waals surface area contributed by atoms with E-state index in [0.717, 1.165) is 23.5 Å². The molecule has 0 aromatic heterocycles. The zero-order valence-corrected chi connectivity index (χ0v) is 15.8. The molecule has 0 aliphatic heterocycles. The minimum Gasteiger partial charge on any atom is -0.505 e. The van der Waals surface area contributed by atoms with Crippen LogP contribution in [-0.4, -0.2) is 24.7 Å². The van der Waals surface area contributed by atoms with Crippen LogP contribution in [0.15, 0.2) is 41.4 Å². The Morgan fingerprint density at radius 2 is 1.96 bits per heavy atom. The number of phenols is 1. The molecule has 1 saturated carbocycles. The van der Waals surface area contributed by atoms with E-state index in [2.05, 4.69) is 40.7 Å². The number of aryl methyl sites for hydroxylation is 1. The van der Waals surface area contributed by atoms with Crippen molar-refractivity contribution < 1.29 is 14.2 Å². The van der Waals surface area contributed by atoms with Crippen LogP contribution in [0, 0.1) is 18.7 Å². The summed E-state index contributed by atoms with van der Waals surface area (Å²) in [7, 11) is 1.69. The smallest absolute Gasteiger partial charge is 0.191 e. The molecule has 0 spiro atoms. The SMILES string of the molecule is CN=C(NCc1ccc(O)c(F)c1)NCc1ccc(C)cc1OCC1CC1. The van der Waals surface area contributed by atoms with Gasteiger partial charge in [-0.15, -0.1) is 0 Å². The van der Waals surface area contributed by atoms with Crippen molar-refractivity contribution in [1.82, 2.24) is 10.6 Å². The summed E-state index contributed by atoms with van der Waals surface area (Å²) in [6, 6.07) is 10.5. The van der Waals surface area contributed by atoms with Crippen LogP contribution in [0.1, 0.15) is 29.5 Å². The number of guanidine groups is 1. The molecule has 0 unspecified atom stereocenters. The van der Waals surface area contributed by atoms with Crippen molar-refractivity contribution in [2.75, 3.05) is 13.7 Å². The van der Waals surface area contributed by atoms with Gasteiger partial charge in [0, 0.05) is 25.7 Å². The monoisotopic (exact) mass is 371 g/mol. The number of hydrogen-bond donors (Lipinski definition) is 3. The highest BCUT2D eigenvalue weighted by atomic mass is 19.1. The lowest BCUT2D eigenvalue weighted by molar-refractivity contribution is 0.296. The number of nitrogens with one attached hydrogen (secondary N) is 2. The van der Waals surface area contributed by atoms with Gasteiger partial charge in [0.2, 0.25) is 0 Å². The van der Waals surface area contributed by atoms with E-state index in [4.69, 9.17) is 4.74 Å². The maximum Gasteiger partial charge on any atom is 0.191 e. The molecule has 0 heterocycles. The molecule has 2 aromatic carbocycles. The molecule has 0 saturated heterocycles. The number of hydrogen-bond acceptors (Lipinski definition) is 3.